The van der Waals surface area contributed by atoms with E-state index >= 15 is 0 Å². The molecular formula is C6H6NO. The van der Waals surface area contributed by atoms with Crippen LogP contribution in [-0.4, -0.2) is 10.5 Å². The van der Waals surface area contributed by atoms with Crippen LogP contribution in [0.4, 0.5) is 0 Å². The van der Waals surface area contributed by atoms with Crippen molar-refractivity contribution >= 4 is 5.91 Å². The number of rotatable bonds is 0. The van der Waals surface area contributed by atoms with Crippen molar-refractivity contribution in [1.29, 1.82) is 0 Å². The third-order valence-electron chi connectivity index (χ3n) is 0.909. The molecule has 2 heteroatoms. The predicted octanol–water partition coefficient (Wildman–Crippen LogP) is 0.948. The number of carbonyl (C=O) groups is 1. The molecule has 1 heterocycles. The zero-order valence-electron chi connectivity index (χ0n) is 4.59. The van der Waals surface area contributed by atoms with Crippen molar-refractivity contribution in [3.8, 4) is 0 Å². The predicted molar refractivity (Wildman–Crippen MR) is 29.6 cm³/mol. The molecule has 0 spiro atoms. The van der Waals surface area contributed by atoms with Gasteiger partial charge in [0.1, 0.15) is 0 Å². The van der Waals surface area contributed by atoms with E-state index in [1.54, 1.807) is 18.5 Å². The van der Waals surface area contributed by atoms with Crippen LogP contribution in [0.25, 0.3) is 0 Å². The van der Waals surface area contributed by atoms with Crippen LogP contribution in [0.2, 0.25) is 0 Å². The van der Waals surface area contributed by atoms with Crippen molar-refractivity contribution in [1.82, 2.24) is 4.57 Å². The highest BCUT2D eigenvalue weighted by Crippen LogP contribution is 1.86. The van der Waals surface area contributed by atoms with Gasteiger partial charge in [-0.05, 0) is 6.07 Å². The molecule has 0 aromatic carbocycles. The Bertz CT molecular complexity index is 176. The smallest absolute Gasteiger partial charge is 0.227 e. The first-order chi connectivity index (χ1) is 3.80. The summed E-state index contributed by atoms with van der Waals surface area (Å²) in [4.78, 5) is 10.4. The van der Waals surface area contributed by atoms with Crippen LogP contribution >= 0.6 is 0 Å². The molecule has 0 N–H and O–H groups in total. The minimum atomic E-state index is 0.0197. The van der Waals surface area contributed by atoms with Gasteiger partial charge in [-0.1, -0.05) is 0 Å². The Labute approximate surface area is 47.7 Å². The van der Waals surface area contributed by atoms with Gasteiger partial charge in [-0.2, -0.15) is 0 Å². The van der Waals surface area contributed by atoms with Gasteiger partial charge < -0.3 is 0 Å². The number of nitrogens with zero attached hydrogens (tertiary/aromatic N) is 1. The second kappa shape index (κ2) is 1.82. The van der Waals surface area contributed by atoms with E-state index in [1.165, 1.54) is 11.5 Å². The molecule has 0 aliphatic carbocycles. The Morgan fingerprint density at radius 1 is 1.75 bits per heavy atom. The van der Waals surface area contributed by atoms with Crippen LogP contribution < -0.4 is 0 Å². The molecule has 0 atom stereocenters. The van der Waals surface area contributed by atoms with Gasteiger partial charge in [0.05, 0.1) is 0 Å². The maximum atomic E-state index is 10.4. The summed E-state index contributed by atoms with van der Waals surface area (Å²) >= 11 is 0. The van der Waals surface area contributed by atoms with Gasteiger partial charge in [0.2, 0.25) is 5.91 Å². The van der Waals surface area contributed by atoms with E-state index in [4.69, 9.17) is 0 Å². The van der Waals surface area contributed by atoms with Crippen LogP contribution in [0.5, 0.6) is 0 Å². The number of hydrogen-bond donors (Lipinski definition) is 0. The SMILES string of the molecule is CC(=O)n1c[c]cc1. The van der Waals surface area contributed by atoms with E-state index in [1.807, 2.05) is 0 Å². The third-order valence-corrected chi connectivity index (χ3v) is 0.909. The van der Waals surface area contributed by atoms with Crippen LogP contribution in [0.15, 0.2) is 18.5 Å². The first-order valence-electron chi connectivity index (χ1n) is 2.35. The maximum Gasteiger partial charge on any atom is 0.227 e. The second-order valence-corrected chi connectivity index (χ2v) is 1.54. The molecule has 41 valence electrons. The average Bonchev–Trinajstić information content (AvgIpc) is 2.12. The van der Waals surface area contributed by atoms with Crippen LogP contribution in [0.1, 0.15) is 11.7 Å². The summed E-state index contributed by atoms with van der Waals surface area (Å²) in [5.74, 6) is 0.0197. The van der Waals surface area contributed by atoms with Crippen molar-refractivity contribution in [2.45, 2.75) is 6.92 Å². The van der Waals surface area contributed by atoms with E-state index in [0.29, 0.717) is 0 Å². The summed E-state index contributed by atoms with van der Waals surface area (Å²) in [6, 6.07) is 4.45. The van der Waals surface area contributed by atoms with E-state index in [-0.39, 0.29) is 5.91 Å². The Morgan fingerprint density at radius 3 is 2.75 bits per heavy atom. The molecule has 0 bridgehead atoms. The first kappa shape index (κ1) is 5.09. The molecule has 0 aliphatic heterocycles. The lowest BCUT2D eigenvalue weighted by Gasteiger charge is -1.88. The lowest BCUT2D eigenvalue weighted by molar-refractivity contribution is 0.0937. The maximum absolute atomic E-state index is 10.4. The monoisotopic (exact) mass is 108 g/mol. The lowest BCUT2D eigenvalue weighted by Crippen LogP contribution is -2.00. The molecule has 0 saturated carbocycles. The van der Waals surface area contributed by atoms with E-state index in [9.17, 15) is 4.79 Å². The zero-order valence-corrected chi connectivity index (χ0v) is 4.59. The molecule has 1 aromatic rings. The van der Waals surface area contributed by atoms with E-state index < -0.39 is 0 Å². The molecule has 0 amide bonds. The van der Waals surface area contributed by atoms with Crippen molar-refractivity contribution in [3.05, 3.63) is 24.5 Å². The average molecular weight is 108 g/mol. The van der Waals surface area contributed by atoms with Crippen molar-refractivity contribution in [2.24, 2.45) is 0 Å². The van der Waals surface area contributed by atoms with E-state index in [0.717, 1.165) is 0 Å². The molecule has 1 aromatic heterocycles. The minimum absolute atomic E-state index is 0.0197. The molecule has 1 radical (unpaired) electrons. The Hall–Kier alpha value is -1.05. The molecule has 2 nitrogen and oxygen atoms in total. The summed E-state index contributed by atoms with van der Waals surface area (Å²) in [5, 5.41) is 0. The fourth-order valence-corrected chi connectivity index (χ4v) is 0.486. The van der Waals surface area contributed by atoms with E-state index in [2.05, 4.69) is 6.07 Å². The highest BCUT2D eigenvalue weighted by molar-refractivity contribution is 5.75. The first-order valence-corrected chi connectivity index (χ1v) is 2.35. The van der Waals surface area contributed by atoms with Gasteiger partial charge in [-0.15, -0.1) is 0 Å². The molecule has 0 aliphatic rings. The number of carbonyl (C=O) groups excluding carboxylic acids is 1. The molecule has 0 unspecified atom stereocenters. The number of hydrogen-bond acceptors (Lipinski definition) is 1. The van der Waals surface area contributed by atoms with Crippen molar-refractivity contribution in [2.75, 3.05) is 0 Å². The molecular weight excluding hydrogens is 102 g/mol. The van der Waals surface area contributed by atoms with Crippen LogP contribution in [0, 0.1) is 6.07 Å². The van der Waals surface area contributed by atoms with Gasteiger partial charge in [0, 0.05) is 25.4 Å². The summed E-state index contributed by atoms with van der Waals surface area (Å²) in [7, 11) is 0. The van der Waals surface area contributed by atoms with Gasteiger partial charge in [0.25, 0.3) is 0 Å². The van der Waals surface area contributed by atoms with Gasteiger partial charge in [-0.3, -0.25) is 9.36 Å². The summed E-state index contributed by atoms with van der Waals surface area (Å²) in [5.41, 5.74) is 0. The van der Waals surface area contributed by atoms with Gasteiger partial charge in [-0.25, -0.2) is 0 Å². The second-order valence-electron chi connectivity index (χ2n) is 1.54. The van der Waals surface area contributed by atoms with Gasteiger partial charge >= 0.3 is 0 Å². The summed E-state index contributed by atoms with van der Waals surface area (Å²) in [6.45, 7) is 1.51. The summed E-state index contributed by atoms with van der Waals surface area (Å²) < 4.78 is 1.47. The molecule has 1 rings (SSSR count). The summed E-state index contributed by atoms with van der Waals surface area (Å²) in [6.07, 6.45) is 3.27. The minimum Gasteiger partial charge on any atom is -0.294 e. The number of aromatic nitrogens is 1. The van der Waals surface area contributed by atoms with Crippen molar-refractivity contribution < 1.29 is 4.79 Å². The Morgan fingerprint density at radius 2 is 2.50 bits per heavy atom. The normalized spacial score (nSPS) is 9.12. The highest BCUT2D eigenvalue weighted by atomic mass is 16.1. The lowest BCUT2D eigenvalue weighted by atomic mass is 10.7. The molecule has 0 saturated heterocycles. The quantitative estimate of drug-likeness (QED) is 0.485. The highest BCUT2D eigenvalue weighted by Gasteiger charge is 1.89. The molecule has 0 fully saturated rings. The zero-order chi connectivity index (χ0) is 5.98. The fourth-order valence-electron chi connectivity index (χ4n) is 0.486. The van der Waals surface area contributed by atoms with Gasteiger partial charge in [0.15, 0.2) is 0 Å². The standard InChI is InChI=1S/C6H6NO/c1-6(8)7-4-2-3-5-7/h2,4-5H,1H3. The van der Waals surface area contributed by atoms with Crippen molar-refractivity contribution in [3.63, 3.8) is 0 Å². The third kappa shape index (κ3) is 0.780. The van der Waals surface area contributed by atoms with Crippen LogP contribution in [0.3, 0.4) is 0 Å². The Kier molecular flexibility index (Phi) is 1.16. The van der Waals surface area contributed by atoms with Crippen LogP contribution in [-0.2, 0) is 0 Å². The topological polar surface area (TPSA) is 22.0 Å². The molecule has 8 heavy (non-hydrogen) atoms. The fraction of sp³-hybridized carbons (Fsp3) is 0.167. The Balaban J connectivity index is 2.93. The largest absolute Gasteiger partial charge is 0.294 e.